The minimum atomic E-state index is 0.0113. The lowest BCUT2D eigenvalue weighted by atomic mass is 9.80. The van der Waals surface area contributed by atoms with Crippen LogP contribution >= 0.6 is 11.3 Å². The van der Waals surface area contributed by atoms with Gasteiger partial charge in [0.25, 0.3) is 0 Å². The molecule has 2 N–H and O–H groups in total. The third-order valence-electron chi connectivity index (χ3n) is 33.2. The number of para-hydroxylation sites is 2. The Morgan fingerprint density at radius 3 is 1.39 bits per heavy atom. The number of hydrogen-bond donors (Lipinski definition) is 2. The van der Waals surface area contributed by atoms with Crippen molar-refractivity contribution < 1.29 is 8.83 Å². The van der Waals surface area contributed by atoms with E-state index in [0.717, 1.165) is 79.8 Å². The summed E-state index contributed by atoms with van der Waals surface area (Å²) in [6.45, 7) is 4.79. The summed E-state index contributed by atoms with van der Waals surface area (Å²) < 4.78 is 17.9. The average Bonchev–Trinajstić information content (AvgIpc) is 1.55. The van der Waals surface area contributed by atoms with Crippen molar-refractivity contribution in [1.82, 2.24) is 14.5 Å². The van der Waals surface area contributed by atoms with E-state index in [2.05, 4.69) is 483 Å². The van der Waals surface area contributed by atoms with Crippen LogP contribution in [0.25, 0.3) is 287 Å². The molecule has 4 aliphatic carbocycles. The molecule has 32 aromatic rings. The van der Waals surface area contributed by atoms with Crippen LogP contribution in [-0.4, -0.2) is 14.5 Å². The van der Waals surface area contributed by atoms with Gasteiger partial charge in [-0.15, -0.1) is 11.3 Å². The third-order valence-corrected chi connectivity index (χ3v) is 34.3. The number of H-pyrrole nitrogens is 2. The fraction of sp³-hybridized carbons (Fsp3) is 0.0423. The number of aromatic nitrogens is 3. The number of rotatable bonds is 1. The minimum Gasteiger partial charge on any atom is -0.456 e. The molecule has 0 amide bonds. The number of nitrogens with zero attached hydrogens (tertiary/aromatic N) is 1. The summed E-state index contributed by atoms with van der Waals surface area (Å²) in [6.07, 6.45) is 3.02. The van der Waals surface area contributed by atoms with Crippen LogP contribution in [0.3, 0.4) is 0 Å². The predicted octanol–water partition coefficient (Wildman–Crippen LogP) is 39.5. The van der Waals surface area contributed by atoms with Gasteiger partial charge in [0.05, 0.1) is 32.8 Å². The second-order valence-corrected chi connectivity index (χ2v) is 42.6. The number of fused-ring (bicyclic) bond motifs is 51. The standard InChI is InChI=1S/C33H21N.C30H22.C27H16S.2C26H15NO/c1-2-11-25(12-3-1)34-31-17-14-21-8-6-7-13-26(21)32(31)28-16-15-27-29-19-23-10-5-4-9-22(23)18-24(29)20-30(27)33(28)34;1-30(2)26-16-15-23-25(17-20-12-11-18-7-3-5-9-21(18)27(20)23)28(26)24-14-13-19-8-4-6-10-22(19)29(24)30;1-3-7-19-16(5-1)9-10-18-15-22-21(25(18)19)12-14-24-27(22)26-20-8-4-2-6-17(20)11-13-23(26)28-24;1-2-7-17-14-22-21(13-16(17)6-1)19-11-12-23-24(25(19)27-22)20-10-9-15-5-3-4-8-18(15)26(20)28-23;1-2-6-16-12-18-14-24-21(13-17(18)11-15(16)5-1)25-23(28-24)10-9-20-19-7-3-4-8-22(19)27-26(20)25/h1-19H,20H2;3-16H,17H2,1-2H3;1-14H,15H2;2*1-14,27H. The maximum absolute atomic E-state index is 6.33. The summed E-state index contributed by atoms with van der Waals surface area (Å²) in [6, 6.07) is 166. The molecule has 5 nitrogen and oxygen atoms in total. The molecule has 148 heavy (non-hydrogen) atoms. The molecular weight excluding hydrogens is 1810 g/mol. The Balaban J connectivity index is 0.0000000822. The van der Waals surface area contributed by atoms with Crippen LogP contribution in [0.5, 0.6) is 0 Å². The van der Waals surface area contributed by atoms with Crippen molar-refractivity contribution in [2.75, 3.05) is 0 Å². The molecule has 6 heterocycles. The molecule has 6 aromatic heterocycles. The van der Waals surface area contributed by atoms with Gasteiger partial charge in [-0.25, -0.2) is 0 Å². The van der Waals surface area contributed by atoms with Gasteiger partial charge in [0.15, 0.2) is 0 Å². The lowest BCUT2D eigenvalue weighted by Crippen LogP contribution is -2.15. The van der Waals surface area contributed by atoms with Crippen molar-refractivity contribution in [3.05, 3.63) is 499 Å². The molecule has 0 bridgehead atoms. The largest absolute Gasteiger partial charge is 0.456 e. The number of hydrogen-bond acceptors (Lipinski definition) is 3. The molecule has 0 radical (unpaired) electrons. The second-order valence-electron chi connectivity index (χ2n) is 41.5. The molecule has 0 fully saturated rings. The Bertz CT molecular complexity index is 11500. The molecule has 0 saturated carbocycles. The Hall–Kier alpha value is -18.5. The summed E-state index contributed by atoms with van der Waals surface area (Å²) in [5.41, 5.74) is 35.4. The van der Waals surface area contributed by atoms with Crippen molar-refractivity contribution in [3.8, 4) is 50.2 Å². The molecule has 6 heteroatoms. The normalized spacial score (nSPS) is 13.0. The number of benzene rings is 26. The first-order chi connectivity index (χ1) is 73.1. The van der Waals surface area contributed by atoms with Crippen LogP contribution in [0, 0.1) is 0 Å². The molecule has 0 spiro atoms. The SMILES string of the molecule is CC1(C)c2ccc3c(c2-c2ccc4ccccc4c21)Cc1ccc2ccccc2c1-3.c1ccc(-n2c3ccc4ccccc4c3c3ccc4c(c32)Cc2cc3ccccc3cc2-4)cc1.c1ccc2c3c(ccc2c1)Cc1c-3ccc2sc3ccc4ccccc4c3c12.c1ccc2cc3c(cc2c1)[nH]c1c3ccc2oc3c4ccccc4ccc3c21.c1ccc2cc3cc4c(cc3cc2c1)oc1ccc2c3ccccc3[nH]c2c14. The Labute approximate surface area is 853 Å². The summed E-state index contributed by atoms with van der Waals surface area (Å²) in [5, 5.41) is 41.2. The van der Waals surface area contributed by atoms with Crippen LogP contribution in [0.15, 0.2) is 464 Å². The lowest BCUT2D eigenvalue weighted by Gasteiger charge is -2.23. The monoisotopic (exact) mass is 1900 g/mol. The highest BCUT2D eigenvalue weighted by molar-refractivity contribution is 7.26. The molecular formula is C142H89N3O2S. The fourth-order valence-electron chi connectivity index (χ4n) is 26.6. The van der Waals surface area contributed by atoms with E-state index < -0.39 is 0 Å². The van der Waals surface area contributed by atoms with Crippen LogP contribution in [0.4, 0.5) is 0 Å². The topological polar surface area (TPSA) is 62.8 Å². The molecule has 0 atom stereocenters. The summed E-state index contributed by atoms with van der Waals surface area (Å²) in [5.74, 6) is 0. The maximum atomic E-state index is 6.33. The van der Waals surface area contributed by atoms with E-state index in [1.54, 1.807) is 0 Å². The number of thiophene rings is 1. The lowest BCUT2D eigenvalue weighted by molar-refractivity contribution is 0.666. The van der Waals surface area contributed by atoms with Gasteiger partial charge in [-0.05, 0) is 313 Å². The number of nitrogens with one attached hydrogen (secondary N) is 2. The molecule has 26 aromatic carbocycles. The fourth-order valence-corrected chi connectivity index (χ4v) is 27.8. The smallest absolute Gasteiger partial charge is 0.143 e. The highest BCUT2D eigenvalue weighted by Crippen LogP contribution is 2.59. The van der Waals surface area contributed by atoms with E-state index in [1.165, 1.54) is 271 Å². The zero-order valence-electron chi connectivity index (χ0n) is 81.1. The third kappa shape index (κ3) is 12.4. The van der Waals surface area contributed by atoms with E-state index in [-0.39, 0.29) is 5.41 Å². The van der Waals surface area contributed by atoms with Gasteiger partial charge in [0.1, 0.15) is 22.3 Å². The van der Waals surface area contributed by atoms with Gasteiger partial charge in [0, 0.05) is 97.2 Å². The summed E-state index contributed by atoms with van der Waals surface area (Å²) >= 11 is 1.92. The van der Waals surface area contributed by atoms with E-state index >= 15 is 0 Å². The summed E-state index contributed by atoms with van der Waals surface area (Å²) in [7, 11) is 0. The average molecular weight is 1900 g/mol. The first-order valence-corrected chi connectivity index (χ1v) is 52.4. The minimum absolute atomic E-state index is 0.0113. The first-order valence-electron chi connectivity index (χ1n) is 51.6. The van der Waals surface area contributed by atoms with E-state index in [0.29, 0.717) is 0 Å². The zero-order chi connectivity index (χ0) is 97.0. The van der Waals surface area contributed by atoms with E-state index in [9.17, 15) is 0 Å². The highest BCUT2D eigenvalue weighted by Gasteiger charge is 2.41. The summed E-state index contributed by atoms with van der Waals surface area (Å²) in [4.78, 5) is 7.30. The molecule has 0 saturated heterocycles. The van der Waals surface area contributed by atoms with E-state index in [4.69, 9.17) is 8.83 Å². The van der Waals surface area contributed by atoms with Gasteiger partial charge in [0.2, 0.25) is 0 Å². The van der Waals surface area contributed by atoms with Gasteiger partial charge < -0.3 is 23.4 Å². The number of aromatic amines is 2. The Morgan fingerprint density at radius 2 is 0.696 bits per heavy atom. The maximum Gasteiger partial charge on any atom is 0.143 e. The van der Waals surface area contributed by atoms with Crippen LogP contribution < -0.4 is 0 Å². The van der Waals surface area contributed by atoms with Crippen LogP contribution in [0.2, 0.25) is 0 Å². The molecule has 36 rings (SSSR count). The molecule has 0 aliphatic heterocycles. The molecule has 4 aliphatic rings. The van der Waals surface area contributed by atoms with Gasteiger partial charge in [-0.1, -0.05) is 360 Å². The van der Waals surface area contributed by atoms with Crippen LogP contribution in [-0.2, 0) is 24.7 Å². The highest BCUT2D eigenvalue weighted by atomic mass is 32.1. The zero-order valence-corrected chi connectivity index (χ0v) is 81.9. The van der Waals surface area contributed by atoms with Crippen molar-refractivity contribution in [2.24, 2.45) is 0 Å². The van der Waals surface area contributed by atoms with Crippen molar-refractivity contribution >= 4 is 249 Å². The van der Waals surface area contributed by atoms with Gasteiger partial charge >= 0.3 is 0 Å². The Morgan fingerprint density at radius 1 is 0.243 bits per heavy atom. The van der Waals surface area contributed by atoms with Gasteiger partial charge in [-0.2, -0.15) is 0 Å². The van der Waals surface area contributed by atoms with Crippen molar-refractivity contribution in [1.29, 1.82) is 0 Å². The van der Waals surface area contributed by atoms with Crippen LogP contribution in [0.1, 0.15) is 58.4 Å². The number of furan rings is 2. The quantitative estimate of drug-likeness (QED) is 0.161. The predicted molar refractivity (Wildman–Crippen MR) is 630 cm³/mol. The van der Waals surface area contributed by atoms with Crippen molar-refractivity contribution in [2.45, 2.75) is 38.5 Å². The van der Waals surface area contributed by atoms with E-state index in [1.807, 2.05) is 11.3 Å². The van der Waals surface area contributed by atoms with Gasteiger partial charge in [-0.3, -0.25) is 0 Å². The Kier molecular flexibility index (Phi) is 17.8. The first kappa shape index (κ1) is 83.0. The van der Waals surface area contributed by atoms with Crippen molar-refractivity contribution in [3.63, 3.8) is 0 Å². The second kappa shape index (κ2) is 31.8. The molecule has 0 unspecified atom stereocenters. The molecule has 690 valence electrons.